The lowest BCUT2D eigenvalue weighted by Crippen LogP contribution is -1.97. The molecule has 1 N–H and O–H groups in total. The predicted octanol–water partition coefficient (Wildman–Crippen LogP) is 4.77. The zero-order valence-corrected chi connectivity index (χ0v) is 10.7. The van der Waals surface area contributed by atoms with E-state index >= 15 is 0 Å². The zero-order chi connectivity index (χ0) is 13.2. The molecule has 0 amide bonds. The second kappa shape index (κ2) is 4.86. The van der Waals surface area contributed by atoms with Crippen molar-refractivity contribution in [2.24, 2.45) is 0 Å². The van der Waals surface area contributed by atoms with E-state index in [0.29, 0.717) is 11.5 Å². The number of pyridine rings is 1. The van der Waals surface area contributed by atoms with E-state index in [1.165, 1.54) is 6.07 Å². The van der Waals surface area contributed by atoms with Crippen molar-refractivity contribution >= 4 is 33.9 Å². The highest BCUT2D eigenvalue weighted by Crippen LogP contribution is 2.28. The fraction of sp³-hybridized carbons (Fsp3) is 0. The Kier molecular flexibility index (Phi) is 3.05. The third-order valence-electron chi connectivity index (χ3n) is 2.88. The summed E-state index contributed by atoms with van der Waals surface area (Å²) in [6.07, 6.45) is 1.69. The Morgan fingerprint density at radius 2 is 1.84 bits per heavy atom. The van der Waals surface area contributed by atoms with E-state index in [1.807, 2.05) is 30.3 Å². The third kappa shape index (κ3) is 2.25. The molecule has 0 spiro atoms. The second-order valence-electron chi connectivity index (χ2n) is 4.11. The van der Waals surface area contributed by atoms with E-state index in [1.54, 1.807) is 18.3 Å². The minimum atomic E-state index is -0.473. The maximum absolute atomic E-state index is 13.9. The van der Waals surface area contributed by atoms with Gasteiger partial charge in [0.25, 0.3) is 0 Å². The van der Waals surface area contributed by atoms with Crippen LogP contribution in [-0.4, -0.2) is 4.98 Å². The van der Waals surface area contributed by atoms with Gasteiger partial charge < -0.3 is 5.32 Å². The van der Waals surface area contributed by atoms with Crippen molar-refractivity contribution in [2.75, 3.05) is 5.32 Å². The fourth-order valence-electron chi connectivity index (χ4n) is 1.95. The van der Waals surface area contributed by atoms with Crippen LogP contribution in [0.25, 0.3) is 10.8 Å². The molecule has 0 fully saturated rings. The first-order valence-electron chi connectivity index (χ1n) is 5.80. The molecule has 0 bridgehead atoms. The van der Waals surface area contributed by atoms with Crippen LogP contribution in [-0.2, 0) is 0 Å². The minimum Gasteiger partial charge on any atom is -0.337 e. The molecule has 3 aromatic rings. The van der Waals surface area contributed by atoms with Crippen molar-refractivity contribution < 1.29 is 4.39 Å². The van der Waals surface area contributed by atoms with Crippen LogP contribution < -0.4 is 5.32 Å². The molecule has 19 heavy (non-hydrogen) atoms. The van der Waals surface area contributed by atoms with Gasteiger partial charge in [-0.3, -0.25) is 0 Å². The molecule has 0 radical (unpaired) electrons. The summed E-state index contributed by atoms with van der Waals surface area (Å²) in [6, 6.07) is 14.5. The Morgan fingerprint density at radius 3 is 2.74 bits per heavy atom. The highest BCUT2D eigenvalue weighted by Gasteiger charge is 2.08. The Bertz CT molecular complexity index is 738. The van der Waals surface area contributed by atoms with Crippen LogP contribution in [0.3, 0.4) is 0 Å². The minimum absolute atomic E-state index is 0.0882. The lowest BCUT2D eigenvalue weighted by atomic mass is 10.1. The molecule has 94 valence electrons. The SMILES string of the molecule is Fc1c(Cl)cccc1Nc1nccc2ccccc12. The van der Waals surface area contributed by atoms with Gasteiger partial charge in [0.05, 0.1) is 10.7 Å². The maximum atomic E-state index is 13.9. The van der Waals surface area contributed by atoms with Crippen molar-refractivity contribution in [1.29, 1.82) is 0 Å². The molecule has 1 heterocycles. The summed E-state index contributed by atoms with van der Waals surface area (Å²) < 4.78 is 13.9. The highest BCUT2D eigenvalue weighted by molar-refractivity contribution is 6.31. The van der Waals surface area contributed by atoms with E-state index in [2.05, 4.69) is 10.3 Å². The summed E-state index contributed by atoms with van der Waals surface area (Å²) in [5.41, 5.74) is 0.316. The van der Waals surface area contributed by atoms with Gasteiger partial charge in [-0.25, -0.2) is 9.37 Å². The Morgan fingerprint density at radius 1 is 1.00 bits per heavy atom. The molecule has 1 aromatic heterocycles. The lowest BCUT2D eigenvalue weighted by Gasteiger charge is -2.10. The second-order valence-corrected chi connectivity index (χ2v) is 4.51. The number of hydrogen-bond donors (Lipinski definition) is 1. The van der Waals surface area contributed by atoms with Gasteiger partial charge in [-0.05, 0) is 23.6 Å². The van der Waals surface area contributed by atoms with Crippen molar-refractivity contribution in [3.8, 4) is 0 Å². The van der Waals surface area contributed by atoms with Gasteiger partial charge in [0.15, 0.2) is 5.82 Å². The summed E-state index contributed by atoms with van der Waals surface area (Å²) in [5.74, 6) is 0.137. The molecule has 0 unspecified atom stereocenters. The van der Waals surface area contributed by atoms with Crippen molar-refractivity contribution in [3.63, 3.8) is 0 Å². The topological polar surface area (TPSA) is 24.9 Å². The number of benzene rings is 2. The molecule has 0 aliphatic rings. The monoisotopic (exact) mass is 272 g/mol. The Hall–Kier alpha value is -2.13. The van der Waals surface area contributed by atoms with E-state index in [0.717, 1.165) is 10.8 Å². The third-order valence-corrected chi connectivity index (χ3v) is 3.17. The number of anilines is 2. The van der Waals surface area contributed by atoms with E-state index < -0.39 is 5.82 Å². The lowest BCUT2D eigenvalue weighted by molar-refractivity contribution is 0.632. The smallest absolute Gasteiger partial charge is 0.165 e. The standard InChI is InChI=1S/C15H10ClFN2/c16-12-6-3-7-13(14(12)17)19-15-11-5-2-1-4-10(11)8-9-18-15/h1-9H,(H,18,19). The molecule has 0 aliphatic heterocycles. The summed E-state index contributed by atoms with van der Waals surface area (Å²) >= 11 is 5.76. The summed E-state index contributed by atoms with van der Waals surface area (Å²) in [4.78, 5) is 4.25. The number of nitrogens with zero attached hydrogens (tertiary/aromatic N) is 1. The molecule has 2 aromatic carbocycles. The van der Waals surface area contributed by atoms with Crippen molar-refractivity contribution in [2.45, 2.75) is 0 Å². The number of halogens is 2. The molecular formula is C15H10ClFN2. The molecule has 0 saturated heterocycles. The van der Waals surface area contributed by atoms with Gasteiger partial charge in [0, 0.05) is 11.6 Å². The first kappa shape index (κ1) is 11.9. The number of fused-ring (bicyclic) bond motifs is 1. The van der Waals surface area contributed by atoms with Crippen LogP contribution in [0.5, 0.6) is 0 Å². The number of aromatic nitrogens is 1. The van der Waals surface area contributed by atoms with Crippen molar-refractivity contribution in [1.82, 2.24) is 4.98 Å². The maximum Gasteiger partial charge on any atom is 0.165 e. The zero-order valence-electron chi connectivity index (χ0n) is 9.90. The number of hydrogen-bond acceptors (Lipinski definition) is 2. The van der Waals surface area contributed by atoms with Gasteiger partial charge >= 0.3 is 0 Å². The largest absolute Gasteiger partial charge is 0.337 e. The van der Waals surface area contributed by atoms with Crippen molar-refractivity contribution in [3.05, 3.63) is 65.6 Å². The van der Waals surface area contributed by atoms with Gasteiger partial charge in [0.2, 0.25) is 0 Å². The molecule has 2 nitrogen and oxygen atoms in total. The average molecular weight is 273 g/mol. The van der Waals surface area contributed by atoms with Crippen LogP contribution in [0.15, 0.2) is 54.7 Å². The quantitative estimate of drug-likeness (QED) is 0.727. The molecule has 0 aliphatic carbocycles. The average Bonchev–Trinajstić information content (AvgIpc) is 2.44. The summed E-state index contributed by atoms with van der Waals surface area (Å²) in [6.45, 7) is 0. The molecule has 0 atom stereocenters. The fourth-order valence-corrected chi connectivity index (χ4v) is 2.12. The van der Waals surface area contributed by atoms with E-state index in [9.17, 15) is 4.39 Å². The molecule has 0 saturated carbocycles. The van der Waals surface area contributed by atoms with Gasteiger partial charge in [-0.2, -0.15) is 0 Å². The first-order chi connectivity index (χ1) is 9.25. The van der Waals surface area contributed by atoms with Crippen LogP contribution in [0, 0.1) is 5.82 Å². The Labute approximate surface area is 114 Å². The normalized spacial score (nSPS) is 10.6. The van der Waals surface area contributed by atoms with E-state index in [4.69, 9.17) is 11.6 Å². The number of rotatable bonds is 2. The van der Waals surface area contributed by atoms with Crippen LogP contribution in [0.4, 0.5) is 15.9 Å². The van der Waals surface area contributed by atoms with Crippen LogP contribution in [0.2, 0.25) is 5.02 Å². The molecular weight excluding hydrogens is 263 g/mol. The predicted molar refractivity (Wildman–Crippen MR) is 76.4 cm³/mol. The van der Waals surface area contributed by atoms with Gasteiger partial charge in [0.1, 0.15) is 5.82 Å². The summed E-state index contributed by atoms with van der Waals surface area (Å²) in [7, 11) is 0. The first-order valence-corrected chi connectivity index (χ1v) is 6.18. The highest BCUT2D eigenvalue weighted by atomic mass is 35.5. The van der Waals surface area contributed by atoms with Crippen LogP contribution in [0.1, 0.15) is 0 Å². The van der Waals surface area contributed by atoms with Crippen LogP contribution >= 0.6 is 11.6 Å². The van der Waals surface area contributed by atoms with E-state index in [-0.39, 0.29) is 5.02 Å². The Balaban J connectivity index is 2.09. The van der Waals surface area contributed by atoms with Gasteiger partial charge in [-0.1, -0.05) is 41.9 Å². The molecule has 3 rings (SSSR count). The molecule has 4 heteroatoms. The summed E-state index contributed by atoms with van der Waals surface area (Å²) in [5, 5.41) is 5.05. The number of nitrogens with one attached hydrogen (secondary N) is 1. The van der Waals surface area contributed by atoms with Gasteiger partial charge in [-0.15, -0.1) is 0 Å².